The van der Waals surface area contributed by atoms with Crippen LogP contribution in [0.4, 0.5) is 5.69 Å². The average Bonchev–Trinajstić information content (AvgIpc) is 2.93. The van der Waals surface area contributed by atoms with Crippen LogP contribution in [0.25, 0.3) is 0 Å². The smallest absolute Gasteiger partial charge is 0.299 e. The lowest BCUT2D eigenvalue weighted by Gasteiger charge is -2.15. The number of carbonyl (C=O) groups excluding carboxylic acids is 2. The van der Waals surface area contributed by atoms with Crippen LogP contribution in [-0.4, -0.2) is 28.0 Å². The van der Waals surface area contributed by atoms with Gasteiger partial charge >= 0.3 is 0 Å². The number of ketones is 1. The lowest BCUT2D eigenvalue weighted by Crippen LogP contribution is -2.31. The van der Waals surface area contributed by atoms with E-state index in [4.69, 9.17) is 0 Å². The molecule has 0 fully saturated rings. The Balaban J connectivity index is 1.86. The van der Waals surface area contributed by atoms with Crippen LogP contribution in [0, 0.1) is 0 Å². The number of amides is 1. The molecule has 0 aliphatic carbocycles. The molecule has 20 heavy (non-hydrogen) atoms. The number of halogens is 1. The van der Waals surface area contributed by atoms with Crippen LogP contribution < -0.4 is 4.90 Å². The van der Waals surface area contributed by atoms with Gasteiger partial charge in [-0.15, -0.1) is 0 Å². The van der Waals surface area contributed by atoms with Gasteiger partial charge in [-0.1, -0.05) is 6.07 Å². The number of anilines is 1. The van der Waals surface area contributed by atoms with Crippen molar-refractivity contribution in [1.82, 2.24) is 9.78 Å². The molecule has 2 heterocycles. The maximum Gasteiger partial charge on any atom is 0.299 e. The summed E-state index contributed by atoms with van der Waals surface area (Å²) in [6.07, 6.45) is 4.34. The molecule has 0 radical (unpaired) electrons. The average molecular weight is 334 g/mol. The van der Waals surface area contributed by atoms with Gasteiger partial charge in [-0.2, -0.15) is 5.10 Å². The van der Waals surface area contributed by atoms with Crippen LogP contribution in [0.3, 0.4) is 0 Å². The van der Waals surface area contributed by atoms with E-state index in [9.17, 15) is 9.59 Å². The summed E-state index contributed by atoms with van der Waals surface area (Å²) in [4.78, 5) is 25.6. The minimum atomic E-state index is -0.462. The molecule has 2 aromatic rings. The molecule has 0 N–H and O–H groups in total. The third kappa shape index (κ3) is 2.06. The number of hydrogen-bond donors (Lipinski definition) is 0. The molecule has 1 aromatic carbocycles. The highest BCUT2D eigenvalue weighted by atomic mass is 79.9. The Morgan fingerprint density at radius 1 is 1.30 bits per heavy atom. The van der Waals surface area contributed by atoms with Crippen molar-refractivity contribution in [1.29, 1.82) is 0 Å². The first kappa shape index (κ1) is 13.1. The molecule has 5 nitrogen and oxygen atoms in total. The van der Waals surface area contributed by atoms with Gasteiger partial charge in [0.1, 0.15) is 0 Å². The van der Waals surface area contributed by atoms with Gasteiger partial charge in [0.05, 0.1) is 17.4 Å². The zero-order valence-electron chi connectivity index (χ0n) is 10.8. The first-order valence-corrected chi connectivity index (χ1v) is 6.99. The van der Waals surface area contributed by atoms with Gasteiger partial charge in [-0.3, -0.25) is 14.3 Å². The fourth-order valence-electron chi connectivity index (χ4n) is 2.37. The van der Waals surface area contributed by atoms with Crippen LogP contribution in [0.15, 0.2) is 35.1 Å². The predicted molar refractivity (Wildman–Crippen MR) is 77.7 cm³/mol. The second-order valence-electron chi connectivity index (χ2n) is 4.69. The second-order valence-corrected chi connectivity index (χ2v) is 5.55. The third-order valence-corrected chi connectivity index (χ3v) is 3.99. The van der Waals surface area contributed by atoms with Crippen LogP contribution >= 0.6 is 15.9 Å². The lowest BCUT2D eigenvalue weighted by atomic mass is 10.1. The topological polar surface area (TPSA) is 55.2 Å². The molecule has 0 unspecified atom stereocenters. The van der Waals surface area contributed by atoms with Gasteiger partial charge in [0, 0.05) is 24.3 Å². The fraction of sp³-hybridized carbons (Fsp3) is 0.214. The number of carbonyl (C=O) groups is 2. The van der Waals surface area contributed by atoms with Crippen LogP contribution in [0.1, 0.15) is 15.9 Å². The Bertz CT molecular complexity index is 708. The van der Waals surface area contributed by atoms with E-state index in [1.54, 1.807) is 23.0 Å². The van der Waals surface area contributed by atoms with E-state index in [0.29, 0.717) is 28.7 Å². The van der Waals surface area contributed by atoms with E-state index in [1.807, 2.05) is 19.3 Å². The summed E-state index contributed by atoms with van der Waals surface area (Å²) in [5, 5.41) is 4.09. The van der Waals surface area contributed by atoms with E-state index in [0.717, 1.165) is 5.56 Å². The van der Waals surface area contributed by atoms with Crippen LogP contribution in [0.2, 0.25) is 0 Å². The third-order valence-electron chi connectivity index (χ3n) is 3.33. The van der Waals surface area contributed by atoms with Gasteiger partial charge in [-0.25, -0.2) is 0 Å². The van der Waals surface area contributed by atoms with E-state index >= 15 is 0 Å². The molecule has 0 saturated carbocycles. The van der Waals surface area contributed by atoms with Crippen LogP contribution in [-0.2, 0) is 18.3 Å². The minimum absolute atomic E-state index is 0.446. The van der Waals surface area contributed by atoms with Crippen LogP contribution in [0.5, 0.6) is 0 Å². The number of benzene rings is 1. The monoisotopic (exact) mass is 333 g/mol. The van der Waals surface area contributed by atoms with Crippen molar-refractivity contribution in [3.63, 3.8) is 0 Å². The molecule has 3 rings (SSSR count). The Morgan fingerprint density at radius 2 is 2.10 bits per heavy atom. The highest BCUT2D eigenvalue weighted by Crippen LogP contribution is 2.34. The standard InChI is InChI=1S/C14H12BrN3O2/c1-17-8-9(7-16-17)5-6-18-11-4-2-3-10(15)12(11)13(19)14(18)20/h2-4,7-8H,5-6H2,1H3. The molecule has 0 bridgehead atoms. The second kappa shape index (κ2) is 4.86. The number of rotatable bonds is 3. The van der Waals surface area contributed by atoms with Gasteiger partial charge in [0.15, 0.2) is 0 Å². The number of hydrogen-bond acceptors (Lipinski definition) is 3. The highest BCUT2D eigenvalue weighted by molar-refractivity contribution is 9.10. The molecule has 1 aromatic heterocycles. The zero-order valence-corrected chi connectivity index (χ0v) is 12.4. The number of aromatic nitrogens is 2. The van der Waals surface area contributed by atoms with Crippen molar-refractivity contribution in [3.05, 3.63) is 46.2 Å². The molecular weight excluding hydrogens is 322 g/mol. The number of fused-ring (bicyclic) bond motifs is 1. The van der Waals surface area contributed by atoms with E-state index < -0.39 is 11.7 Å². The molecule has 6 heteroatoms. The molecule has 1 amide bonds. The summed E-state index contributed by atoms with van der Waals surface area (Å²) in [5.74, 6) is -0.908. The maximum atomic E-state index is 12.1. The Kier molecular flexibility index (Phi) is 3.17. The molecule has 0 spiro atoms. The number of Topliss-reactive ketones (excluding diaryl/α,β-unsaturated/α-hetero) is 1. The van der Waals surface area contributed by atoms with Crippen molar-refractivity contribution in [2.45, 2.75) is 6.42 Å². The minimum Gasteiger partial charge on any atom is -0.304 e. The zero-order chi connectivity index (χ0) is 14.3. The molecule has 0 saturated heterocycles. The number of nitrogens with zero attached hydrogens (tertiary/aromatic N) is 3. The van der Waals surface area contributed by atoms with Crippen molar-refractivity contribution in [3.8, 4) is 0 Å². The first-order valence-electron chi connectivity index (χ1n) is 6.20. The van der Waals surface area contributed by atoms with Gasteiger partial charge < -0.3 is 4.90 Å². The molecule has 1 aliphatic heterocycles. The predicted octanol–water partition coefficient (Wildman–Crippen LogP) is 1.95. The van der Waals surface area contributed by atoms with Gasteiger partial charge in [-0.05, 0) is 40.0 Å². The quantitative estimate of drug-likeness (QED) is 0.807. The SMILES string of the molecule is Cn1cc(CCN2C(=O)C(=O)c3c(Br)cccc32)cn1. The Hall–Kier alpha value is -1.95. The molecule has 1 aliphatic rings. The first-order chi connectivity index (χ1) is 9.58. The summed E-state index contributed by atoms with van der Waals surface area (Å²) in [5.41, 5.74) is 2.18. The van der Waals surface area contributed by atoms with Gasteiger partial charge in [0.2, 0.25) is 0 Å². The molecule has 102 valence electrons. The largest absolute Gasteiger partial charge is 0.304 e. The van der Waals surface area contributed by atoms with Crippen molar-refractivity contribution < 1.29 is 9.59 Å². The normalized spacial score (nSPS) is 14.0. The Morgan fingerprint density at radius 3 is 2.80 bits per heavy atom. The van der Waals surface area contributed by atoms with E-state index in [-0.39, 0.29) is 0 Å². The summed E-state index contributed by atoms with van der Waals surface area (Å²) in [6.45, 7) is 0.472. The van der Waals surface area contributed by atoms with Crippen molar-refractivity contribution in [2.24, 2.45) is 7.05 Å². The summed E-state index contributed by atoms with van der Waals surface area (Å²) >= 11 is 3.33. The van der Waals surface area contributed by atoms with E-state index in [2.05, 4.69) is 21.0 Å². The maximum absolute atomic E-state index is 12.1. The summed E-state index contributed by atoms with van der Waals surface area (Å²) in [7, 11) is 1.85. The van der Waals surface area contributed by atoms with Crippen molar-refractivity contribution in [2.75, 3.05) is 11.4 Å². The Labute approximate surface area is 124 Å². The van der Waals surface area contributed by atoms with Gasteiger partial charge in [0.25, 0.3) is 11.7 Å². The lowest BCUT2D eigenvalue weighted by molar-refractivity contribution is -0.114. The molecular formula is C14H12BrN3O2. The van der Waals surface area contributed by atoms with Crippen molar-refractivity contribution >= 4 is 33.3 Å². The molecule has 0 atom stereocenters. The number of aryl methyl sites for hydroxylation is 1. The summed E-state index contributed by atoms with van der Waals surface area (Å²) in [6, 6.07) is 5.40. The van der Waals surface area contributed by atoms with E-state index in [1.165, 1.54) is 4.90 Å². The fourth-order valence-corrected chi connectivity index (χ4v) is 2.90. The summed E-state index contributed by atoms with van der Waals surface area (Å²) < 4.78 is 2.38. The highest BCUT2D eigenvalue weighted by Gasteiger charge is 2.36.